The highest BCUT2D eigenvalue weighted by molar-refractivity contribution is 5.96. The van der Waals surface area contributed by atoms with Crippen LogP contribution in [0.4, 0.5) is 13.2 Å². The third-order valence-electron chi connectivity index (χ3n) is 4.37. The van der Waals surface area contributed by atoms with E-state index in [2.05, 4.69) is 0 Å². The van der Waals surface area contributed by atoms with E-state index in [1.54, 1.807) is 11.8 Å². The first-order valence-electron chi connectivity index (χ1n) is 7.87. The second-order valence-electron chi connectivity index (χ2n) is 6.22. The third-order valence-corrected chi connectivity index (χ3v) is 4.37. The lowest BCUT2D eigenvalue weighted by molar-refractivity contribution is -0.138. The van der Waals surface area contributed by atoms with Gasteiger partial charge in [0.05, 0.1) is 5.56 Å². The Labute approximate surface area is 138 Å². The molecule has 1 aliphatic heterocycles. The summed E-state index contributed by atoms with van der Waals surface area (Å²) < 4.78 is 38.6. The molecule has 7 heteroatoms. The monoisotopic (exact) mass is 343 g/mol. The average Bonchev–Trinajstić information content (AvgIpc) is 2.52. The summed E-state index contributed by atoms with van der Waals surface area (Å²) in [5.74, 6) is -1.23. The number of aliphatic carboxylic acids is 1. The molecule has 1 heterocycles. The lowest BCUT2D eigenvalue weighted by Crippen LogP contribution is -2.40. The third kappa shape index (κ3) is 4.49. The van der Waals surface area contributed by atoms with E-state index in [-0.39, 0.29) is 17.9 Å². The molecule has 1 saturated heterocycles. The van der Waals surface area contributed by atoms with Gasteiger partial charge in [0.1, 0.15) is 0 Å². The maximum atomic E-state index is 12.9. The van der Waals surface area contributed by atoms with Crippen molar-refractivity contribution in [2.24, 2.45) is 5.92 Å². The van der Waals surface area contributed by atoms with Crippen LogP contribution >= 0.6 is 0 Å². The van der Waals surface area contributed by atoms with E-state index in [1.165, 1.54) is 6.07 Å². The SMILES string of the molecule is Cc1ccc(C(F)(F)F)cc1C(=O)N1CCC[C@@H](CCC(=O)O)C1. The van der Waals surface area contributed by atoms with Gasteiger partial charge in [0.25, 0.3) is 5.91 Å². The van der Waals surface area contributed by atoms with E-state index in [9.17, 15) is 22.8 Å². The molecule has 0 saturated carbocycles. The average molecular weight is 343 g/mol. The van der Waals surface area contributed by atoms with Crippen LogP contribution in [0.3, 0.4) is 0 Å². The van der Waals surface area contributed by atoms with Crippen molar-refractivity contribution >= 4 is 11.9 Å². The quantitative estimate of drug-likeness (QED) is 0.906. The molecule has 1 atom stereocenters. The van der Waals surface area contributed by atoms with Gasteiger partial charge in [-0.2, -0.15) is 13.2 Å². The standard InChI is InChI=1S/C17H20F3NO3/c1-11-4-6-13(17(18,19)20)9-14(11)16(24)21-8-2-3-12(10-21)5-7-15(22)23/h4,6,9,12H,2-3,5,7-8,10H2,1H3,(H,22,23)/t12-/m0/s1. The summed E-state index contributed by atoms with van der Waals surface area (Å²) in [5, 5.41) is 8.75. The molecule has 1 N–H and O–H groups in total. The summed E-state index contributed by atoms with van der Waals surface area (Å²) in [6.45, 7) is 2.49. The number of likely N-dealkylation sites (tertiary alicyclic amines) is 1. The number of carboxylic acid groups (broad SMARTS) is 1. The van der Waals surface area contributed by atoms with Gasteiger partial charge < -0.3 is 10.0 Å². The Hall–Kier alpha value is -2.05. The summed E-state index contributed by atoms with van der Waals surface area (Å²) in [7, 11) is 0. The molecule has 1 aromatic carbocycles. The summed E-state index contributed by atoms with van der Waals surface area (Å²) >= 11 is 0. The second-order valence-corrected chi connectivity index (χ2v) is 6.22. The van der Waals surface area contributed by atoms with Crippen molar-refractivity contribution in [2.45, 2.75) is 38.8 Å². The summed E-state index contributed by atoms with van der Waals surface area (Å²) in [6.07, 6.45) is -2.42. The smallest absolute Gasteiger partial charge is 0.416 e. The molecular weight excluding hydrogens is 323 g/mol. The van der Waals surface area contributed by atoms with E-state index in [1.807, 2.05) is 0 Å². The van der Waals surface area contributed by atoms with Crippen LogP contribution in [0.5, 0.6) is 0 Å². The molecule has 0 unspecified atom stereocenters. The van der Waals surface area contributed by atoms with Gasteiger partial charge >= 0.3 is 12.1 Å². The van der Waals surface area contributed by atoms with Gasteiger partial charge in [-0.3, -0.25) is 9.59 Å². The fraction of sp³-hybridized carbons (Fsp3) is 0.529. The predicted molar refractivity (Wildman–Crippen MR) is 81.7 cm³/mol. The molecule has 0 spiro atoms. The van der Waals surface area contributed by atoms with Crippen LogP contribution in [0.1, 0.15) is 47.2 Å². The molecule has 1 aromatic rings. The molecule has 2 rings (SSSR count). The minimum atomic E-state index is -4.49. The summed E-state index contributed by atoms with van der Waals surface area (Å²) in [6, 6.07) is 3.18. The van der Waals surface area contributed by atoms with Crippen LogP contribution in [-0.2, 0) is 11.0 Å². The zero-order valence-electron chi connectivity index (χ0n) is 13.4. The number of benzene rings is 1. The van der Waals surface area contributed by atoms with Gasteiger partial charge in [-0.15, -0.1) is 0 Å². The molecule has 132 valence electrons. The molecule has 1 amide bonds. The van der Waals surface area contributed by atoms with Gasteiger partial charge in [-0.05, 0) is 49.8 Å². The van der Waals surface area contributed by atoms with Crippen LogP contribution in [0.25, 0.3) is 0 Å². The molecule has 1 fully saturated rings. The Morgan fingerprint density at radius 1 is 1.33 bits per heavy atom. The van der Waals surface area contributed by atoms with Crippen LogP contribution in [0, 0.1) is 12.8 Å². The Morgan fingerprint density at radius 2 is 2.04 bits per heavy atom. The number of rotatable bonds is 4. The largest absolute Gasteiger partial charge is 0.481 e. The van der Waals surface area contributed by atoms with E-state index >= 15 is 0 Å². The maximum absolute atomic E-state index is 12.9. The molecule has 0 aromatic heterocycles. The number of amides is 1. The first kappa shape index (κ1) is 18.3. The van der Waals surface area contributed by atoms with E-state index in [0.717, 1.165) is 25.0 Å². The van der Waals surface area contributed by atoms with Crippen LogP contribution in [0.2, 0.25) is 0 Å². The van der Waals surface area contributed by atoms with Gasteiger partial charge in [0.2, 0.25) is 0 Å². The maximum Gasteiger partial charge on any atom is 0.416 e. The van der Waals surface area contributed by atoms with Gasteiger partial charge in [0.15, 0.2) is 0 Å². The number of piperidine rings is 1. The zero-order valence-corrected chi connectivity index (χ0v) is 13.4. The van der Waals surface area contributed by atoms with Crippen LogP contribution in [-0.4, -0.2) is 35.0 Å². The van der Waals surface area contributed by atoms with Crippen molar-refractivity contribution in [1.29, 1.82) is 0 Å². The van der Waals surface area contributed by atoms with E-state index < -0.39 is 23.6 Å². The molecule has 0 aliphatic carbocycles. The topological polar surface area (TPSA) is 57.6 Å². The number of hydrogen-bond acceptors (Lipinski definition) is 2. The van der Waals surface area contributed by atoms with Gasteiger partial charge in [0, 0.05) is 25.1 Å². The van der Waals surface area contributed by atoms with Crippen molar-refractivity contribution in [2.75, 3.05) is 13.1 Å². The number of carbonyl (C=O) groups is 2. The summed E-state index contributed by atoms with van der Waals surface area (Å²) in [4.78, 5) is 24.8. The molecule has 1 aliphatic rings. The molecular formula is C17H20F3NO3. The lowest BCUT2D eigenvalue weighted by Gasteiger charge is -2.33. The number of carbonyl (C=O) groups excluding carboxylic acids is 1. The lowest BCUT2D eigenvalue weighted by atomic mass is 9.92. The number of aryl methyl sites for hydroxylation is 1. The first-order chi connectivity index (χ1) is 11.2. The fourth-order valence-electron chi connectivity index (χ4n) is 3.01. The van der Waals surface area contributed by atoms with Crippen LogP contribution < -0.4 is 0 Å². The highest BCUT2D eigenvalue weighted by Crippen LogP contribution is 2.31. The number of alkyl halides is 3. The van der Waals surface area contributed by atoms with E-state index in [0.29, 0.717) is 25.1 Å². The molecule has 0 radical (unpaired) electrons. The number of halogens is 3. The summed E-state index contributed by atoms with van der Waals surface area (Å²) in [5.41, 5.74) is -0.278. The fourth-order valence-corrected chi connectivity index (χ4v) is 3.01. The number of carboxylic acids is 1. The number of nitrogens with zero attached hydrogens (tertiary/aromatic N) is 1. The minimum Gasteiger partial charge on any atom is -0.481 e. The zero-order chi connectivity index (χ0) is 17.9. The van der Waals surface area contributed by atoms with Crippen molar-refractivity contribution in [3.8, 4) is 0 Å². The predicted octanol–water partition coefficient (Wildman–Crippen LogP) is 3.73. The van der Waals surface area contributed by atoms with Gasteiger partial charge in [-0.25, -0.2) is 0 Å². The highest BCUT2D eigenvalue weighted by Gasteiger charge is 2.32. The second kappa shape index (κ2) is 7.23. The highest BCUT2D eigenvalue weighted by atomic mass is 19.4. The molecule has 0 bridgehead atoms. The van der Waals surface area contributed by atoms with E-state index in [4.69, 9.17) is 5.11 Å². The molecule has 4 nitrogen and oxygen atoms in total. The Kier molecular flexibility index (Phi) is 5.51. The Bertz CT molecular complexity index is 628. The van der Waals surface area contributed by atoms with Crippen molar-refractivity contribution in [3.63, 3.8) is 0 Å². The van der Waals surface area contributed by atoms with Crippen molar-refractivity contribution in [3.05, 3.63) is 34.9 Å². The Morgan fingerprint density at radius 3 is 2.67 bits per heavy atom. The van der Waals surface area contributed by atoms with Crippen molar-refractivity contribution in [1.82, 2.24) is 4.90 Å². The van der Waals surface area contributed by atoms with Gasteiger partial charge in [-0.1, -0.05) is 6.07 Å². The normalized spacial score (nSPS) is 18.5. The minimum absolute atomic E-state index is 0.0370. The number of hydrogen-bond donors (Lipinski definition) is 1. The first-order valence-corrected chi connectivity index (χ1v) is 7.87. The van der Waals surface area contributed by atoms with Crippen LogP contribution in [0.15, 0.2) is 18.2 Å². The Balaban J connectivity index is 2.14. The van der Waals surface area contributed by atoms with Crippen molar-refractivity contribution < 1.29 is 27.9 Å². The molecule has 24 heavy (non-hydrogen) atoms.